The van der Waals surface area contributed by atoms with Crippen LogP contribution in [0.2, 0.25) is 0 Å². The van der Waals surface area contributed by atoms with Crippen LogP contribution in [0.15, 0.2) is 65.1 Å². The Morgan fingerprint density at radius 1 is 1.08 bits per heavy atom. The third-order valence-electron chi connectivity index (χ3n) is 3.79. The summed E-state index contributed by atoms with van der Waals surface area (Å²) in [6.45, 7) is 0. The van der Waals surface area contributed by atoms with Gasteiger partial charge in [-0.1, -0.05) is 48.5 Å². The maximum Gasteiger partial charge on any atom is 0.352 e. The maximum atomic E-state index is 11.4. The molecule has 0 atom stereocenters. The van der Waals surface area contributed by atoms with Crippen LogP contribution >= 0.6 is 11.3 Å². The standard InChI is InChI=1S/C18H13N3O2S/c22-17(23)14-10-13-8-4-5-9-16(13)21(20-14)18-19-15(11-24-18)12-6-2-1-3-7-12/h1-9,11H,10H2,(H,22,23). The molecule has 1 N–H and O–H groups in total. The van der Waals surface area contributed by atoms with Crippen LogP contribution in [0.25, 0.3) is 11.3 Å². The third-order valence-corrected chi connectivity index (χ3v) is 4.60. The van der Waals surface area contributed by atoms with Gasteiger partial charge in [-0.3, -0.25) is 0 Å². The highest BCUT2D eigenvalue weighted by molar-refractivity contribution is 7.14. The second kappa shape index (κ2) is 5.90. The van der Waals surface area contributed by atoms with Crippen LogP contribution in [-0.4, -0.2) is 21.8 Å². The van der Waals surface area contributed by atoms with Gasteiger partial charge in [0.25, 0.3) is 0 Å². The van der Waals surface area contributed by atoms with Gasteiger partial charge in [0.1, 0.15) is 0 Å². The van der Waals surface area contributed by atoms with Gasteiger partial charge in [-0.2, -0.15) is 5.10 Å². The number of carboxylic acids is 1. The van der Waals surface area contributed by atoms with Crippen molar-refractivity contribution in [3.05, 3.63) is 65.5 Å². The Bertz CT molecular complexity index is 934. The zero-order valence-electron chi connectivity index (χ0n) is 12.6. The smallest absolute Gasteiger partial charge is 0.352 e. The number of para-hydroxylation sites is 1. The van der Waals surface area contributed by atoms with E-state index in [1.54, 1.807) is 5.01 Å². The fourth-order valence-electron chi connectivity index (χ4n) is 2.62. The summed E-state index contributed by atoms with van der Waals surface area (Å²) >= 11 is 1.44. The van der Waals surface area contributed by atoms with E-state index in [0.29, 0.717) is 11.6 Å². The number of rotatable bonds is 3. The van der Waals surface area contributed by atoms with E-state index in [4.69, 9.17) is 0 Å². The lowest BCUT2D eigenvalue weighted by molar-refractivity contribution is -0.129. The Labute approximate surface area is 142 Å². The van der Waals surface area contributed by atoms with Crippen LogP contribution in [0.5, 0.6) is 0 Å². The van der Waals surface area contributed by atoms with E-state index in [0.717, 1.165) is 22.5 Å². The number of hydrazone groups is 1. The van der Waals surface area contributed by atoms with Crippen molar-refractivity contribution in [2.75, 3.05) is 5.01 Å². The highest BCUT2D eigenvalue weighted by Crippen LogP contribution is 2.36. The number of carbonyl (C=O) groups is 1. The molecule has 1 aliphatic heterocycles. The molecule has 0 saturated carbocycles. The van der Waals surface area contributed by atoms with Crippen molar-refractivity contribution in [2.45, 2.75) is 6.42 Å². The summed E-state index contributed by atoms with van der Waals surface area (Å²) in [5, 5.41) is 17.9. The molecule has 1 aliphatic rings. The number of hydrogen-bond acceptors (Lipinski definition) is 5. The Morgan fingerprint density at radius 2 is 1.83 bits per heavy atom. The van der Waals surface area contributed by atoms with E-state index < -0.39 is 5.97 Å². The molecule has 2 aromatic carbocycles. The first-order valence-corrected chi connectivity index (χ1v) is 8.30. The first kappa shape index (κ1) is 14.6. The number of benzene rings is 2. The molecule has 0 bridgehead atoms. The summed E-state index contributed by atoms with van der Waals surface area (Å²) < 4.78 is 0. The second-order valence-corrected chi connectivity index (χ2v) is 6.19. The number of aliphatic carboxylic acids is 1. The topological polar surface area (TPSA) is 65.8 Å². The Kier molecular flexibility index (Phi) is 3.59. The van der Waals surface area contributed by atoms with E-state index in [9.17, 15) is 9.90 Å². The van der Waals surface area contributed by atoms with Crippen LogP contribution in [-0.2, 0) is 11.2 Å². The molecule has 0 aliphatic carbocycles. The Balaban J connectivity index is 1.78. The molecule has 4 rings (SSSR count). The maximum absolute atomic E-state index is 11.4. The van der Waals surface area contributed by atoms with Gasteiger partial charge in [0.2, 0.25) is 5.13 Å². The lowest BCUT2D eigenvalue weighted by atomic mass is 10.0. The van der Waals surface area contributed by atoms with Gasteiger partial charge in [0, 0.05) is 17.4 Å². The molecule has 6 heteroatoms. The number of anilines is 2. The van der Waals surface area contributed by atoms with Crippen molar-refractivity contribution >= 4 is 33.8 Å². The normalized spacial score (nSPS) is 13.3. The molecule has 5 nitrogen and oxygen atoms in total. The lowest BCUT2D eigenvalue weighted by Crippen LogP contribution is -2.27. The molecule has 3 aromatic rings. The lowest BCUT2D eigenvalue weighted by Gasteiger charge is -2.24. The Morgan fingerprint density at radius 3 is 2.62 bits per heavy atom. The summed E-state index contributed by atoms with van der Waals surface area (Å²) in [5.41, 5.74) is 3.79. The number of thiazole rings is 1. The van der Waals surface area contributed by atoms with Gasteiger partial charge in [0.15, 0.2) is 5.71 Å². The third kappa shape index (κ3) is 2.57. The average Bonchev–Trinajstić information content (AvgIpc) is 3.11. The largest absolute Gasteiger partial charge is 0.477 e. The van der Waals surface area contributed by atoms with Crippen molar-refractivity contribution in [3.63, 3.8) is 0 Å². The highest BCUT2D eigenvalue weighted by Gasteiger charge is 2.25. The van der Waals surface area contributed by atoms with Crippen LogP contribution in [0.1, 0.15) is 5.56 Å². The predicted octanol–water partition coefficient (Wildman–Crippen LogP) is 3.94. The van der Waals surface area contributed by atoms with Crippen LogP contribution < -0.4 is 5.01 Å². The average molecular weight is 335 g/mol. The first-order chi connectivity index (χ1) is 11.7. The summed E-state index contributed by atoms with van der Waals surface area (Å²) in [4.78, 5) is 16.0. The molecule has 1 aromatic heterocycles. The molecule has 0 saturated heterocycles. The van der Waals surface area contributed by atoms with Gasteiger partial charge >= 0.3 is 5.97 Å². The number of carboxylic acid groups (broad SMARTS) is 1. The van der Waals surface area contributed by atoms with Crippen LogP contribution in [0.3, 0.4) is 0 Å². The molecular weight excluding hydrogens is 322 g/mol. The van der Waals surface area contributed by atoms with E-state index in [1.165, 1.54) is 11.3 Å². The van der Waals surface area contributed by atoms with Crippen molar-refractivity contribution in [1.29, 1.82) is 0 Å². The number of nitrogens with zero attached hydrogens (tertiary/aromatic N) is 3. The first-order valence-electron chi connectivity index (χ1n) is 7.42. The monoisotopic (exact) mass is 335 g/mol. The molecule has 0 amide bonds. The van der Waals surface area contributed by atoms with Crippen LogP contribution in [0.4, 0.5) is 10.8 Å². The molecule has 24 heavy (non-hydrogen) atoms. The van der Waals surface area contributed by atoms with Crippen molar-refractivity contribution in [2.24, 2.45) is 5.10 Å². The van der Waals surface area contributed by atoms with E-state index in [2.05, 4.69) is 10.1 Å². The quantitative estimate of drug-likeness (QED) is 0.787. The zero-order chi connectivity index (χ0) is 16.5. The van der Waals surface area contributed by atoms with Gasteiger partial charge in [-0.15, -0.1) is 11.3 Å². The summed E-state index contributed by atoms with van der Waals surface area (Å²) in [6, 6.07) is 17.5. The fourth-order valence-corrected chi connectivity index (χ4v) is 3.42. The molecule has 0 unspecified atom stereocenters. The minimum Gasteiger partial charge on any atom is -0.477 e. The molecule has 2 heterocycles. The fraction of sp³-hybridized carbons (Fsp3) is 0.0556. The zero-order valence-corrected chi connectivity index (χ0v) is 13.4. The summed E-state index contributed by atoms with van der Waals surface area (Å²) in [7, 11) is 0. The predicted molar refractivity (Wildman–Crippen MR) is 94.9 cm³/mol. The van der Waals surface area contributed by atoms with Gasteiger partial charge in [0.05, 0.1) is 11.4 Å². The van der Waals surface area contributed by atoms with E-state index in [-0.39, 0.29) is 5.71 Å². The molecule has 0 radical (unpaired) electrons. The minimum absolute atomic E-state index is 0.116. The SMILES string of the molecule is O=C(O)C1=NN(c2nc(-c3ccccc3)cs2)c2ccccc2C1. The molecule has 0 spiro atoms. The van der Waals surface area contributed by atoms with Crippen molar-refractivity contribution in [1.82, 2.24) is 4.98 Å². The second-order valence-electron chi connectivity index (χ2n) is 5.35. The van der Waals surface area contributed by atoms with Gasteiger partial charge < -0.3 is 5.11 Å². The van der Waals surface area contributed by atoms with Gasteiger partial charge in [-0.25, -0.2) is 14.8 Å². The molecular formula is C18H13N3O2S. The number of aromatic nitrogens is 1. The summed E-state index contributed by atoms with van der Waals surface area (Å²) in [6.07, 6.45) is 0.318. The molecule has 118 valence electrons. The van der Waals surface area contributed by atoms with E-state index >= 15 is 0 Å². The highest BCUT2D eigenvalue weighted by atomic mass is 32.1. The van der Waals surface area contributed by atoms with Crippen molar-refractivity contribution < 1.29 is 9.90 Å². The van der Waals surface area contributed by atoms with Crippen LogP contribution in [0, 0.1) is 0 Å². The van der Waals surface area contributed by atoms with Gasteiger partial charge in [-0.05, 0) is 11.6 Å². The van der Waals surface area contributed by atoms with E-state index in [1.807, 2.05) is 60.0 Å². The van der Waals surface area contributed by atoms with Crippen molar-refractivity contribution in [3.8, 4) is 11.3 Å². The number of hydrogen-bond donors (Lipinski definition) is 1. The minimum atomic E-state index is -1.01. The number of fused-ring (bicyclic) bond motifs is 1. The Hall–Kier alpha value is -2.99. The molecule has 0 fully saturated rings. The summed E-state index contributed by atoms with van der Waals surface area (Å²) in [5.74, 6) is -1.01.